The second-order valence-corrected chi connectivity index (χ2v) is 4.72. The Morgan fingerprint density at radius 3 is 2.63 bits per heavy atom. The van der Waals surface area contributed by atoms with Gasteiger partial charge in [0.25, 0.3) is 0 Å². The average molecular weight is 295 g/mol. The molecule has 1 heterocycles. The number of thiocarbonyl (C=S) groups is 1. The Morgan fingerprint density at radius 1 is 1.42 bits per heavy atom. The van der Waals surface area contributed by atoms with Gasteiger partial charge in [-0.1, -0.05) is 23.8 Å². The molecule has 19 heavy (non-hydrogen) atoms. The summed E-state index contributed by atoms with van der Waals surface area (Å²) in [4.78, 5) is 12.1. The van der Waals surface area contributed by atoms with Gasteiger partial charge in [0.15, 0.2) is 0 Å². The lowest BCUT2D eigenvalue weighted by atomic mass is 10.2. The highest BCUT2D eigenvalue weighted by molar-refractivity contribution is 7.80. The van der Waals surface area contributed by atoms with Gasteiger partial charge in [-0.2, -0.15) is 5.10 Å². The maximum Gasteiger partial charge on any atom is 0.246 e. The zero-order valence-corrected chi connectivity index (χ0v) is 11.4. The van der Waals surface area contributed by atoms with Crippen LogP contribution in [0.25, 0.3) is 0 Å². The first-order valence-corrected chi connectivity index (χ1v) is 6.21. The molecule has 0 aliphatic heterocycles. The molecule has 7 heteroatoms. The Labute approximate surface area is 120 Å². The normalized spacial score (nSPS) is 10.2. The Kier molecular flexibility index (Phi) is 4.13. The third kappa shape index (κ3) is 3.77. The number of carbonyl (C=O) groups excluding carboxylic acids is 1. The number of nitrogens with zero attached hydrogens (tertiary/aromatic N) is 2. The molecule has 0 atom stereocenters. The topological polar surface area (TPSA) is 72.9 Å². The standard InChI is InChI=1S/C12H11ClN4OS/c13-9-5-15-17(6-9)7-11(18)16-10-3-1-8(2-4-10)12(14)19/h1-6H,7H2,(H2,14,19)(H,16,18). The van der Waals surface area contributed by atoms with Crippen LogP contribution in [0.1, 0.15) is 5.56 Å². The van der Waals surface area contributed by atoms with Gasteiger partial charge >= 0.3 is 0 Å². The fraction of sp³-hybridized carbons (Fsp3) is 0.0833. The second kappa shape index (κ2) is 5.81. The van der Waals surface area contributed by atoms with E-state index in [1.54, 1.807) is 30.5 Å². The predicted octanol–water partition coefficient (Wildman–Crippen LogP) is 1.81. The third-order valence-corrected chi connectivity index (χ3v) is 2.79. The molecular formula is C12H11ClN4OS. The van der Waals surface area contributed by atoms with E-state index in [0.29, 0.717) is 15.7 Å². The predicted molar refractivity (Wildman–Crippen MR) is 78.2 cm³/mol. The zero-order chi connectivity index (χ0) is 13.8. The van der Waals surface area contributed by atoms with E-state index in [1.807, 2.05) is 0 Å². The fourth-order valence-electron chi connectivity index (χ4n) is 1.49. The number of halogens is 1. The summed E-state index contributed by atoms with van der Waals surface area (Å²) in [6, 6.07) is 6.98. The molecule has 2 aromatic rings. The highest BCUT2D eigenvalue weighted by Gasteiger charge is 2.05. The van der Waals surface area contributed by atoms with Crippen LogP contribution in [-0.2, 0) is 11.3 Å². The van der Waals surface area contributed by atoms with Crippen molar-refractivity contribution in [2.45, 2.75) is 6.54 Å². The van der Waals surface area contributed by atoms with Crippen molar-refractivity contribution in [2.75, 3.05) is 5.32 Å². The second-order valence-electron chi connectivity index (χ2n) is 3.85. The number of amides is 1. The molecule has 0 saturated heterocycles. The maximum absolute atomic E-state index is 11.7. The van der Waals surface area contributed by atoms with Gasteiger partial charge in [0.2, 0.25) is 5.91 Å². The van der Waals surface area contributed by atoms with Crippen molar-refractivity contribution in [1.82, 2.24) is 9.78 Å². The number of anilines is 1. The Morgan fingerprint density at radius 2 is 2.11 bits per heavy atom. The summed E-state index contributed by atoms with van der Waals surface area (Å²) >= 11 is 10.6. The van der Waals surface area contributed by atoms with Crippen LogP contribution in [0.2, 0.25) is 5.02 Å². The number of carbonyl (C=O) groups is 1. The summed E-state index contributed by atoms with van der Waals surface area (Å²) in [5, 5.41) is 7.16. The van der Waals surface area contributed by atoms with E-state index in [1.165, 1.54) is 10.9 Å². The largest absolute Gasteiger partial charge is 0.389 e. The zero-order valence-electron chi connectivity index (χ0n) is 9.84. The third-order valence-electron chi connectivity index (χ3n) is 2.36. The van der Waals surface area contributed by atoms with Gasteiger partial charge in [-0.15, -0.1) is 0 Å². The minimum absolute atomic E-state index is 0.101. The van der Waals surface area contributed by atoms with Crippen LogP contribution in [0.3, 0.4) is 0 Å². The highest BCUT2D eigenvalue weighted by Crippen LogP contribution is 2.10. The SMILES string of the molecule is NC(=S)c1ccc(NC(=O)Cn2cc(Cl)cn2)cc1. The molecule has 2 rings (SSSR count). The molecule has 0 radical (unpaired) electrons. The number of aromatic nitrogens is 2. The minimum Gasteiger partial charge on any atom is -0.389 e. The summed E-state index contributed by atoms with van der Waals surface area (Å²) in [5.74, 6) is -0.192. The lowest BCUT2D eigenvalue weighted by Crippen LogP contribution is -2.19. The average Bonchev–Trinajstić information content (AvgIpc) is 2.75. The maximum atomic E-state index is 11.7. The number of nitrogens with one attached hydrogen (secondary N) is 1. The van der Waals surface area contributed by atoms with Gasteiger partial charge in [-0.3, -0.25) is 9.48 Å². The Balaban J connectivity index is 1.97. The van der Waals surface area contributed by atoms with Gasteiger partial charge in [0, 0.05) is 17.4 Å². The first kappa shape index (κ1) is 13.5. The molecule has 0 bridgehead atoms. The molecule has 5 nitrogen and oxygen atoms in total. The van der Waals surface area contributed by atoms with Gasteiger partial charge in [-0.05, 0) is 24.3 Å². The van der Waals surface area contributed by atoms with E-state index in [9.17, 15) is 4.79 Å². The van der Waals surface area contributed by atoms with Gasteiger partial charge in [0.05, 0.1) is 11.2 Å². The molecule has 0 spiro atoms. The fourth-order valence-corrected chi connectivity index (χ4v) is 1.78. The van der Waals surface area contributed by atoms with E-state index >= 15 is 0 Å². The quantitative estimate of drug-likeness (QED) is 0.844. The van der Waals surface area contributed by atoms with E-state index in [2.05, 4.69) is 10.4 Å². The van der Waals surface area contributed by atoms with E-state index in [-0.39, 0.29) is 12.5 Å². The molecular weight excluding hydrogens is 284 g/mol. The first-order chi connectivity index (χ1) is 9.04. The van der Waals surface area contributed by atoms with Crippen molar-refractivity contribution < 1.29 is 4.79 Å². The van der Waals surface area contributed by atoms with Gasteiger partial charge in [0.1, 0.15) is 11.5 Å². The Bertz CT molecular complexity index is 608. The molecule has 0 aliphatic rings. The van der Waals surface area contributed by atoms with E-state index in [4.69, 9.17) is 29.6 Å². The molecule has 0 aliphatic carbocycles. The molecule has 3 N–H and O–H groups in total. The number of rotatable bonds is 4. The summed E-state index contributed by atoms with van der Waals surface area (Å²) < 4.78 is 1.46. The summed E-state index contributed by atoms with van der Waals surface area (Å²) in [6.07, 6.45) is 3.06. The summed E-state index contributed by atoms with van der Waals surface area (Å²) in [5.41, 5.74) is 6.92. The lowest BCUT2D eigenvalue weighted by Gasteiger charge is -2.06. The van der Waals surface area contributed by atoms with Gasteiger partial charge in [-0.25, -0.2) is 0 Å². The van der Waals surface area contributed by atoms with Crippen LogP contribution in [0.4, 0.5) is 5.69 Å². The minimum atomic E-state index is -0.192. The van der Waals surface area contributed by atoms with Crippen LogP contribution >= 0.6 is 23.8 Å². The van der Waals surface area contributed by atoms with E-state index < -0.39 is 0 Å². The number of nitrogens with two attached hydrogens (primary N) is 1. The lowest BCUT2D eigenvalue weighted by molar-refractivity contribution is -0.116. The van der Waals surface area contributed by atoms with Crippen LogP contribution in [0.15, 0.2) is 36.7 Å². The van der Waals surface area contributed by atoms with Crippen LogP contribution in [-0.4, -0.2) is 20.7 Å². The van der Waals surface area contributed by atoms with Crippen molar-refractivity contribution in [3.63, 3.8) is 0 Å². The number of hydrogen-bond donors (Lipinski definition) is 2. The van der Waals surface area contributed by atoms with Crippen molar-refractivity contribution in [2.24, 2.45) is 5.73 Å². The first-order valence-electron chi connectivity index (χ1n) is 5.42. The molecule has 0 fully saturated rings. The van der Waals surface area contributed by atoms with Crippen LogP contribution < -0.4 is 11.1 Å². The van der Waals surface area contributed by atoms with Crippen LogP contribution in [0, 0.1) is 0 Å². The molecule has 0 saturated carbocycles. The van der Waals surface area contributed by atoms with Crippen molar-refractivity contribution >= 4 is 40.4 Å². The molecule has 1 aromatic carbocycles. The molecule has 98 valence electrons. The number of hydrogen-bond acceptors (Lipinski definition) is 3. The van der Waals surface area contributed by atoms with Gasteiger partial charge < -0.3 is 11.1 Å². The number of benzene rings is 1. The smallest absolute Gasteiger partial charge is 0.246 e. The molecule has 1 amide bonds. The summed E-state index contributed by atoms with van der Waals surface area (Å²) in [7, 11) is 0. The Hall–Kier alpha value is -1.92. The molecule has 0 unspecified atom stereocenters. The highest BCUT2D eigenvalue weighted by atomic mass is 35.5. The van der Waals surface area contributed by atoms with Crippen molar-refractivity contribution in [3.05, 3.63) is 47.2 Å². The monoisotopic (exact) mass is 294 g/mol. The molecule has 1 aromatic heterocycles. The van der Waals surface area contributed by atoms with Crippen LogP contribution in [0.5, 0.6) is 0 Å². The van der Waals surface area contributed by atoms with Crippen molar-refractivity contribution in [1.29, 1.82) is 0 Å². The van der Waals surface area contributed by atoms with E-state index in [0.717, 1.165) is 5.56 Å². The van der Waals surface area contributed by atoms with Crippen molar-refractivity contribution in [3.8, 4) is 0 Å². The summed E-state index contributed by atoms with van der Waals surface area (Å²) in [6.45, 7) is 0.101.